The van der Waals surface area contributed by atoms with E-state index in [4.69, 9.17) is 4.42 Å². The molecule has 0 aliphatic rings. The molecule has 1 heterocycles. The minimum atomic E-state index is -0.0813. The smallest absolute Gasteiger partial charge is 0.251 e. The fourth-order valence-corrected chi connectivity index (χ4v) is 2.35. The summed E-state index contributed by atoms with van der Waals surface area (Å²) in [5, 5.41) is 2.97. The predicted molar refractivity (Wildman–Crippen MR) is 91.8 cm³/mol. The first-order chi connectivity index (χ1) is 10.8. The van der Waals surface area contributed by atoms with Crippen LogP contribution in [-0.2, 0) is 11.8 Å². The molecule has 23 heavy (non-hydrogen) atoms. The lowest BCUT2D eigenvalue weighted by molar-refractivity contribution is 0.0952. The molecule has 1 N–H and O–H groups in total. The van der Waals surface area contributed by atoms with Gasteiger partial charge in [-0.1, -0.05) is 39.0 Å². The third-order valence-corrected chi connectivity index (χ3v) is 3.79. The standard InChI is InChI=1S/C19H26N2O2/c1-13-9-6-7-10-15(13)17(22)20-12-8-11-16-14(2)21-18(23-16)19(3,4)5/h6-7,9-10H,8,11-12H2,1-5H3,(H,20,22). The molecule has 1 amide bonds. The van der Waals surface area contributed by atoms with Crippen LogP contribution in [0.25, 0.3) is 0 Å². The Morgan fingerprint density at radius 3 is 2.52 bits per heavy atom. The maximum Gasteiger partial charge on any atom is 0.251 e. The molecule has 4 heteroatoms. The molecule has 2 aromatic rings. The van der Waals surface area contributed by atoms with Crippen LogP contribution >= 0.6 is 0 Å². The molecule has 0 radical (unpaired) electrons. The van der Waals surface area contributed by atoms with Crippen LogP contribution in [0.15, 0.2) is 28.7 Å². The van der Waals surface area contributed by atoms with Gasteiger partial charge in [-0.05, 0) is 31.9 Å². The van der Waals surface area contributed by atoms with Gasteiger partial charge in [-0.3, -0.25) is 4.79 Å². The summed E-state index contributed by atoms with van der Waals surface area (Å²) in [6.45, 7) is 10.8. The van der Waals surface area contributed by atoms with Crippen LogP contribution < -0.4 is 5.32 Å². The number of hydrogen-bond donors (Lipinski definition) is 1. The molecule has 0 saturated heterocycles. The molecular formula is C19H26N2O2. The number of oxazole rings is 1. The fraction of sp³-hybridized carbons (Fsp3) is 0.474. The maximum atomic E-state index is 12.1. The second-order valence-corrected chi connectivity index (χ2v) is 6.95. The van der Waals surface area contributed by atoms with Crippen molar-refractivity contribution in [2.45, 2.75) is 52.9 Å². The minimum Gasteiger partial charge on any atom is -0.445 e. The SMILES string of the molecule is Cc1ccccc1C(=O)NCCCc1oc(C(C)(C)C)nc1C. The van der Waals surface area contributed by atoms with Gasteiger partial charge in [-0.15, -0.1) is 0 Å². The molecule has 124 valence electrons. The van der Waals surface area contributed by atoms with Crippen molar-refractivity contribution in [2.75, 3.05) is 6.54 Å². The van der Waals surface area contributed by atoms with E-state index in [2.05, 4.69) is 31.1 Å². The summed E-state index contributed by atoms with van der Waals surface area (Å²) in [6.07, 6.45) is 1.61. The van der Waals surface area contributed by atoms with E-state index in [1.807, 2.05) is 38.1 Å². The maximum absolute atomic E-state index is 12.1. The summed E-state index contributed by atoms with van der Waals surface area (Å²) in [6, 6.07) is 7.61. The van der Waals surface area contributed by atoms with E-state index in [0.29, 0.717) is 6.54 Å². The number of benzene rings is 1. The lowest BCUT2D eigenvalue weighted by atomic mass is 9.97. The van der Waals surface area contributed by atoms with Crippen LogP contribution in [0.5, 0.6) is 0 Å². The molecule has 1 aromatic carbocycles. The molecule has 0 unspecified atom stereocenters. The van der Waals surface area contributed by atoms with E-state index in [1.165, 1.54) is 0 Å². The first-order valence-electron chi connectivity index (χ1n) is 8.09. The van der Waals surface area contributed by atoms with E-state index in [1.54, 1.807) is 0 Å². The second-order valence-electron chi connectivity index (χ2n) is 6.95. The largest absolute Gasteiger partial charge is 0.445 e. The highest BCUT2D eigenvalue weighted by Crippen LogP contribution is 2.24. The Balaban J connectivity index is 1.85. The van der Waals surface area contributed by atoms with Gasteiger partial charge in [0, 0.05) is 23.9 Å². The van der Waals surface area contributed by atoms with Gasteiger partial charge in [0.2, 0.25) is 0 Å². The van der Waals surface area contributed by atoms with Gasteiger partial charge in [0.1, 0.15) is 5.76 Å². The number of hydrogen-bond acceptors (Lipinski definition) is 3. The van der Waals surface area contributed by atoms with Gasteiger partial charge in [0.05, 0.1) is 5.69 Å². The summed E-state index contributed by atoms with van der Waals surface area (Å²) in [5.41, 5.74) is 2.59. The van der Waals surface area contributed by atoms with Gasteiger partial charge < -0.3 is 9.73 Å². The first kappa shape index (κ1) is 17.3. The van der Waals surface area contributed by atoms with Crippen LogP contribution in [-0.4, -0.2) is 17.4 Å². The number of nitrogens with one attached hydrogen (secondary N) is 1. The minimum absolute atomic E-state index is 0.0206. The predicted octanol–water partition coefficient (Wildman–Crippen LogP) is 3.95. The number of nitrogens with zero attached hydrogens (tertiary/aromatic N) is 1. The van der Waals surface area contributed by atoms with Crippen molar-refractivity contribution in [2.24, 2.45) is 0 Å². The number of rotatable bonds is 5. The number of aromatic nitrogens is 1. The van der Waals surface area contributed by atoms with Gasteiger partial charge >= 0.3 is 0 Å². The number of carbonyl (C=O) groups excluding carboxylic acids is 1. The second kappa shape index (κ2) is 6.99. The average Bonchev–Trinajstić information content (AvgIpc) is 2.85. The third-order valence-electron chi connectivity index (χ3n) is 3.79. The first-order valence-corrected chi connectivity index (χ1v) is 8.09. The normalized spacial score (nSPS) is 11.5. The van der Waals surface area contributed by atoms with Crippen LogP contribution in [0.1, 0.15) is 60.5 Å². The third kappa shape index (κ3) is 4.44. The Kier molecular flexibility index (Phi) is 5.24. The van der Waals surface area contributed by atoms with Gasteiger partial charge in [-0.25, -0.2) is 4.98 Å². The van der Waals surface area contributed by atoms with Crippen LogP contribution in [0.3, 0.4) is 0 Å². The van der Waals surface area contributed by atoms with E-state index in [0.717, 1.165) is 41.3 Å². The fourth-order valence-electron chi connectivity index (χ4n) is 2.35. The van der Waals surface area contributed by atoms with Gasteiger partial charge in [0.15, 0.2) is 5.89 Å². The zero-order valence-electron chi connectivity index (χ0n) is 14.7. The van der Waals surface area contributed by atoms with Crippen molar-refractivity contribution in [1.29, 1.82) is 0 Å². The Morgan fingerprint density at radius 2 is 1.91 bits per heavy atom. The highest BCUT2D eigenvalue weighted by atomic mass is 16.4. The van der Waals surface area contributed by atoms with Crippen molar-refractivity contribution < 1.29 is 9.21 Å². The number of carbonyl (C=O) groups is 1. The molecular weight excluding hydrogens is 288 g/mol. The lowest BCUT2D eigenvalue weighted by Gasteiger charge is -2.12. The van der Waals surface area contributed by atoms with Crippen molar-refractivity contribution in [3.05, 3.63) is 52.7 Å². The van der Waals surface area contributed by atoms with Crippen molar-refractivity contribution >= 4 is 5.91 Å². The van der Waals surface area contributed by atoms with E-state index in [-0.39, 0.29) is 11.3 Å². The molecule has 0 spiro atoms. The molecule has 2 rings (SSSR count). The van der Waals surface area contributed by atoms with E-state index in [9.17, 15) is 4.79 Å². The molecule has 0 fully saturated rings. The van der Waals surface area contributed by atoms with Crippen molar-refractivity contribution in [3.63, 3.8) is 0 Å². The van der Waals surface area contributed by atoms with Gasteiger partial charge in [-0.2, -0.15) is 0 Å². The van der Waals surface area contributed by atoms with Crippen molar-refractivity contribution in [3.8, 4) is 0 Å². The van der Waals surface area contributed by atoms with Crippen molar-refractivity contribution in [1.82, 2.24) is 10.3 Å². The summed E-state index contributed by atoms with van der Waals surface area (Å²) in [4.78, 5) is 16.6. The molecule has 0 saturated carbocycles. The van der Waals surface area contributed by atoms with Gasteiger partial charge in [0.25, 0.3) is 5.91 Å². The monoisotopic (exact) mass is 314 g/mol. The lowest BCUT2D eigenvalue weighted by Crippen LogP contribution is -2.25. The molecule has 4 nitrogen and oxygen atoms in total. The Morgan fingerprint density at radius 1 is 1.22 bits per heavy atom. The average molecular weight is 314 g/mol. The zero-order chi connectivity index (χ0) is 17.0. The number of aryl methyl sites for hydroxylation is 3. The molecule has 1 aromatic heterocycles. The molecule has 0 aliphatic heterocycles. The van der Waals surface area contributed by atoms with E-state index >= 15 is 0 Å². The van der Waals surface area contributed by atoms with E-state index < -0.39 is 0 Å². The Hall–Kier alpha value is -2.10. The van der Waals surface area contributed by atoms with Crippen LogP contribution in [0.4, 0.5) is 0 Å². The van der Waals surface area contributed by atoms with Crippen LogP contribution in [0, 0.1) is 13.8 Å². The quantitative estimate of drug-likeness (QED) is 0.850. The summed E-state index contributed by atoms with van der Waals surface area (Å²) < 4.78 is 5.87. The zero-order valence-corrected chi connectivity index (χ0v) is 14.7. The highest BCUT2D eigenvalue weighted by Gasteiger charge is 2.22. The Labute approximate surface area is 138 Å². The molecule has 0 atom stereocenters. The highest BCUT2D eigenvalue weighted by molar-refractivity contribution is 5.95. The Bertz CT molecular complexity index is 681. The molecule has 0 bridgehead atoms. The van der Waals surface area contributed by atoms with Crippen LogP contribution in [0.2, 0.25) is 0 Å². The number of amides is 1. The summed E-state index contributed by atoms with van der Waals surface area (Å²) in [7, 11) is 0. The molecule has 0 aliphatic carbocycles. The topological polar surface area (TPSA) is 55.1 Å². The summed E-state index contributed by atoms with van der Waals surface area (Å²) >= 11 is 0. The summed E-state index contributed by atoms with van der Waals surface area (Å²) in [5.74, 6) is 1.67.